The summed E-state index contributed by atoms with van der Waals surface area (Å²) in [5, 5.41) is 0. The van der Waals surface area contributed by atoms with Crippen LogP contribution in [0.3, 0.4) is 0 Å². The number of hydrogen-bond acceptors (Lipinski definition) is 5. The molecule has 0 radical (unpaired) electrons. The quantitative estimate of drug-likeness (QED) is 0.440. The fourth-order valence-electron chi connectivity index (χ4n) is 1.79. The molecule has 0 aliphatic heterocycles. The molecule has 98 valence electrons. The van der Waals surface area contributed by atoms with Gasteiger partial charge in [0, 0.05) is 10.0 Å². The first-order valence-corrected chi connectivity index (χ1v) is 6.24. The summed E-state index contributed by atoms with van der Waals surface area (Å²) in [6.07, 6.45) is 0. The molecule has 0 atom stereocenters. The van der Waals surface area contributed by atoms with Crippen LogP contribution < -0.4 is 17.0 Å². The van der Waals surface area contributed by atoms with Crippen LogP contribution in [0.4, 0.5) is 5.95 Å². The van der Waals surface area contributed by atoms with E-state index in [0.29, 0.717) is 17.0 Å². The molecule has 0 aliphatic carbocycles. The number of nitrogens with one attached hydrogen (secondary N) is 1. The molecule has 1 amide bonds. The second-order valence-corrected chi connectivity index (χ2v) is 4.70. The Morgan fingerprint density at radius 1 is 1.32 bits per heavy atom. The van der Waals surface area contributed by atoms with Crippen LogP contribution in [-0.2, 0) is 0 Å². The lowest BCUT2D eigenvalue weighted by atomic mass is 10.0. The van der Waals surface area contributed by atoms with Gasteiger partial charge in [0.1, 0.15) is 0 Å². The molecule has 6 nitrogen and oxygen atoms in total. The normalized spacial score (nSPS) is 10.3. The first kappa shape index (κ1) is 13.4. The molecule has 7 heteroatoms. The van der Waals surface area contributed by atoms with E-state index in [4.69, 9.17) is 11.6 Å². The van der Waals surface area contributed by atoms with Gasteiger partial charge in [0.15, 0.2) is 0 Å². The number of nitrogen functional groups attached to an aromatic ring is 2. The number of carbonyl (C=O) groups is 1. The monoisotopic (exact) mass is 321 g/mol. The Labute approximate surface area is 118 Å². The van der Waals surface area contributed by atoms with Crippen molar-refractivity contribution in [2.45, 2.75) is 6.92 Å². The minimum atomic E-state index is -0.455. The lowest BCUT2D eigenvalue weighted by Crippen LogP contribution is -2.31. The third-order valence-corrected chi connectivity index (χ3v) is 3.29. The van der Waals surface area contributed by atoms with Crippen molar-refractivity contribution in [1.29, 1.82) is 0 Å². The largest absolute Gasteiger partial charge is 0.368 e. The zero-order valence-electron chi connectivity index (χ0n) is 10.1. The molecule has 2 aromatic rings. The smallest absolute Gasteiger partial charge is 0.269 e. The molecule has 0 saturated carbocycles. The number of nitrogens with two attached hydrogens (primary N) is 2. The Bertz CT molecular complexity index is 644. The number of amides is 1. The van der Waals surface area contributed by atoms with Crippen molar-refractivity contribution in [3.63, 3.8) is 0 Å². The number of hydrogen-bond donors (Lipinski definition) is 3. The van der Waals surface area contributed by atoms with Crippen LogP contribution in [0.5, 0.6) is 0 Å². The van der Waals surface area contributed by atoms with Crippen molar-refractivity contribution < 1.29 is 4.79 Å². The average molecular weight is 322 g/mol. The molecule has 5 N–H and O–H groups in total. The van der Waals surface area contributed by atoms with Crippen LogP contribution >= 0.6 is 15.9 Å². The molecule has 1 aromatic carbocycles. The Morgan fingerprint density at radius 3 is 2.63 bits per heavy atom. The summed E-state index contributed by atoms with van der Waals surface area (Å²) in [5.74, 6) is 4.85. The van der Waals surface area contributed by atoms with E-state index in [1.54, 1.807) is 6.92 Å². The third kappa shape index (κ3) is 2.56. The molecule has 2 rings (SSSR count). The van der Waals surface area contributed by atoms with E-state index in [2.05, 4.69) is 31.3 Å². The lowest BCUT2D eigenvalue weighted by molar-refractivity contribution is 0.0953. The molecule has 0 spiro atoms. The molecule has 19 heavy (non-hydrogen) atoms. The van der Waals surface area contributed by atoms with Crippen LogP contribution in [0.1, 0.15) is 16.1 Å². The number of aryl methyl sites for hydroxylation is 1. The maximum Gasteiger partial charge on any atom is 0.269 e. The summed E-state index contributed by atoms with van der Waals surface area (Å²) in [4.78, 5) is 20.0. The van der Waals surface area contributed by atoms with Crippen LogP contribution in [0.15, 0.2) is 28.7 Å². The van der Waals surface area contributed by atoms with Gasteiger partial charge in [-0.15, -0.1) is 0 Å². The van der Waals surface area contributed by atoms with Gasteiger partial charge in [-0.25, -0.2) is 15.8 Å². The predicted molar refractivity (Wildman–Crippen MR) is 76.0 cm³/mol. The van der Waals surface area contributed by atoms with E-state index in [1.165, 1.54) is 0 Å². The number of carbonyl (C=O) groups excluding carboxylic acids is 1. The minimum absolute atomic E-state index is 0.108. The summed E-state index contributed by atoms with van der Waals surface area (Å²) >= 11 is 3.42. The number of benzene rings is 1. The number of halogens is 1. The van der Waals surface area contributed by atoms with Gasteiger partial charge < -0.3 is 5.73 Å². The van der Waals surface area contributed by atoms with Gasteiger partial charge in [-0.05, 0) is 13.0 Å². The van der Waals surface area contributed by atoms with Gasteiger partial charge in [-0.1, -0.05) is 34.1 Å². The zero-order chi connectivity index (χ0) is 14.0. The van der Waals surface area contributed by atoms with Crippen LogP contribution in [0, 0.1) is 6.92 Å². The minimum Gasteiger partial charge on any atom is -0.368 e. The number of nitrogens with zero attached hydrogens (tertiary/aromatic N) is 2. The SMILES string of the molecule is Cc1nc(N)nc(-c2ccccc2Br)c1C(=O)NN. The average Bonchev–Trinajstić information content (AvgIpc) is 2.37. The van der Waals surface area contributed by atoms with Gasteiger partial charge in [-0.2, -0.15) is 0 Å². The lowest BCUT2D eigenvalue weighted by Gasteiger charge is -2.12. The Morgan fingerprint density at radius 2 is 2.00 bits per heavy atom. The van der Waals surface area contributed by atoms with E-state index in [1.807, 2.05) is 24.3 Å². The second kappa shape index (κ2) is 5.33. The van der Waals surface area contributed by atoms with Gasteiger partial charge in [0.05, 0.1) is 17.0 Å². The van der Waals surface area contributed by atoms with E-state index in [9.17, 15) is 4.79 Å². The fraction of sp³-hybridized carbons (Fsp3) is 0.0833. The van der Waals surface area contributed by atoms with E-state index >= 15 is 0 Å². The molecule has 1 aromatic heterocycles. The predicted octanol–water partition coefficient (Wildman–Crippen LogP) is 1.40. The van der Waals surface area contributed by atoms with Crippen molar-refractivity contribution in [3.05, 3.63) is 40.0 Å². The van der Waals surface area contributed by atoms with Crippen molar-refractivity contribution in [3.8, 4) is 11.3 Å². The molecule has 0 fully saturated rings. The molecule has 0 saturated heterocycles. The van der Waals surface area contributed by atoms with Crippen LogP contribution in [-0.4, -0.2) is 15.9 Å². The molecular weight excluding hydrogens is 310 g/mol. The van der Waals surface area contributed by atoms with Crippen molar-refractivity contribution in [2.75, 3.05) is 5.73 Å². The van der Waals surface area contributed by atoms with Crippen LogP contribution in [0.25, 0.3) is 11.3 Å². The molecule has 0 aliphatic rings. The van der Waals surface area contributed by atoms with E-state index in [-0.39, 0.29) is 5.95 Å². The third-order valence-electron chi connectivity index (χ3n) is 2.59. The maximum atomic E-state index is 11.9. The molecule has 1 heterocycles. The zero-order valence-corrected chi connectivity index (χ0v) is 11.7. The Hall–Kier alpha value is -1.99. The molecule has 0 bridgehead atoms. The van der Waals surface area contributed by atoms with Crippen molar-refractivity contribution >= 4 is 27.8 Å². The summed E-state index contributed by atoms with van der Waals surface area (Å²) in [6, 6.07) is 7.40. The first-order chi connectivity index (χ1) is 9.04. The van der Waals surface area contributed by atoms with Gasteiger partial charge in [0.2, 0.25) is 5.95 Å². The van der Waals surface area contributed by atoms with Gasteiger partial charge >= 0.3 is 0 Å². The topological polar surface area (TPSA) is 107 Å². The Kier molecular flexibility index (Phi) is 3.77. The number of hydrazine groups is 1. The number of rotatable bonds is 2. The highest BCUT2D eigenvalue weighted by molar-refractivity contribution is 9.10. The fourth-order valence-corrected chi connectivity index (χ4v) is 2.26. The highest BCUT2D eigenvalue weighted by atomic mass is 79.9. The van der Waals surface area contributed by atoms with Crippen molar-refractivity contribution in [2.24, 2.45) is 5.84 Å². The van der Waals surface area contributed by atoms with Crippen molar-refractivity contribution in [1.82, 2.24) is 15.4 Å². The van der Waals surface area contributed by atoms with E-state index in [0.717, 1.165) is 10.0 Å². The maximum absolute atomic E-state index is 11.9. The second-order valence-electron chi connectivity index (χ2n) is 3.84. The highest BCUT2D eigenvalue weighted by Crippen LogP contribution is 2.30. The standard InChI is InChI=1S/C12H12BrN5O/c1-6-9(11(19)18-15)10(17-12(14)16-6)7-4-2-3-5-8(7)13/h2-5H,15H2,1H3,(H,18,19)(H2,14,16,17). The highest BCUT2D eigenvalue weighted by Gasteiger charge is 2.19. The molecule has 0 unspecified atom stereocenters. The van der Waals surface area contributed by atoms with Gasteiger partial charge in [-0.3, -0.25) is 10.2 Å². The summed E-state index contributed by atoms with van der Waals surface area (Å²) in [6.45, 7) is 1.68. The first-order valence-electron chi connectivity index (χ1n) is 5.44. The number of anilines is 1. The van der Waals surface area contributed by atoms with Crippen LogP contribution in [0.2, 0.25) is 0 Å². The summed E-state index contributed by atoms with van der Waals surface area (Å²) < 4.78 is 0.804. The number of aromatic nitrogens is 2. The summed E-state index contributed by atoms with van der Waals surface area (Å²) in [7, 11) is 0. The van der Waals surface area contributed by atoms with Gasteiger partial charge in [0.25, 0.3) is 5.91 Å². The molecular formula is C12H12BrN5O. The Balaban J connectivity index is 2.75. The van der Waals surface area contributed by atoms with E-state index < -0.39 is 5.91 Å². The summed E-state index contributed by atoms with van der Waals surface area (Å²) in [5.41, 5.74) is 9.73.